The molecule has 0 aromatic carbocycles. The molecule has 19 heteroatoms. The number of hydrogen-bond donors (Lipinski definition) is 10. The molecule has 19 nitrogen and oxygen atoms in total. The van der Waals surface area contributed by atoms with Gasteiger partial charge in [0.05, 0.1) is 24.4 Å². The second kappa shape index (κ2) is 27.7. The Morgan fingerprint density at radius 3 is 1.63 bits per heavy atom. The third-order valence-electron chi connectivity index (χ3n) is 13.3. The van der Waals surface area contributed by atoms with Crippen LogP contribution in [0.15, 0.2) is 12.2 Å². The zero-order chi connectivity index (χ0) is 48.0. The Morgan fingerprint density at radius 1 is 0.523 bits per heavy atom. The minimum absolute atomic E-state index is 0.0197. The molecule has 0 aliphatic carbocycles. The van der Waals surface area contributed by atoms with Gasteiger partial charge in [-0.1, -0.05) is 85.3 Å². The molecular weight excluding hydrogens is 856 g/mol. The van der Waals surface area contributed by atoms with Crippen molar-refractivity contribution in [3.05, 3.63) is 12.2 Å². The molecule has 4 aliphatic heterocycles. The normalized spacial score (nSPS) is 41.4. The molecule has 0 radical (unpaired) electrons. The summed E-state index contributed by atoms with van der Waals surface area (Å²) < 4.78 is 46.8. The van der Waals surface area contributed by atoms with E-state index in [4.69, 9.17) is 37.9 Å². The van der Waals surface area contributed by atoms with Gasteiger partial charge >= 0.3 is 5.97 Å². The first-order valence-corrected chi connectivity index (χ1v) is 24.3. The number of carbonyl (C=O) groups excluding carboxylic acids is 1. The maximum atomic E-state index is 12.8. The summed E-state index contributed by atoms with van der Waals surface area (Å²) in [5.41, 5.74) is 0. The highest BCUT2D eigenvalue weighted by Gasteiger charge is 2.53. The Morgan fingerprint density at radius 2 is 1.02 bits per heavy atom. The Balaban J connectivity index is 1.22. The SMILES string of the molecule is CCCCCC(/C=C\CCCCCCCC(=O)O[C@@H]1C(CC)O[C@@H](OC2C(O)OC(CC)[C@@H](O)[C@@H]2O)C(O)[C@H]1O)C(C)O[C@@H]1OC(CC)[C@@H](O)[C@H](O)C1O[C@@H]1OC(CC)[C@@H](O)[C@H](O)C1O. The monoisotopic (exact) mass is 939 g/mol. The first kappa shape index (κ1) is 56.1. The molecule has 11 unspecified atom stereocenters. The molecule has 4 aliphatic rings. The van der Waals surface area contributed by atoms with E-state index in [1.54, 1.807) is 20.8 Å². The van der Waals surface area contributed by atoms with E-state index < -0.39 is 135 Å². The van der Waals surface area contributed by atoms with Gasteiger partial charge in [0.15, 0.2) is 31.3 Å². The second-order valence-electron chi connectivity index (χ2n) is 18.1. The maximum absolute atomic E-state index is 12.8. The van der Waals surface area contributed by atoms with Crippen LogP contribution in [0.3, 0.4) is 0 Å². The number of esters is 1. The lowest BCUT2D eigenvalue weighted by molar-refractivity contribution is -0.369. The number of rotatable bonds is 25. The van der Waals surface area contributed by atoms with Crippen LogP contribution in [0.5, 0.6) is 0 Å². The minimum Gasteiger partial charge on any atom is -0.457 e. The van der Waals surface area contributed by atoms with Crippen LogP contribution in [0.4, 0.5) is 0 Å². The van der Waals surface area contributed by atoms with E-state index in [2.05, 4.69) is 19.1 Å². The molecule has 4 saturated heterocycles. The summed E-state index contributed by atoms with van der Waals surface area (Å²) >= 11 is 0. The number of ether oxygens (including phenoxy) is 8. The number of carbonyl (C=O) groups is 1. The third-order valence-corrected chi connectivity index (χ3v) is 13.3. The van der Waals surface area contributed by atoms with Crippen molar-refractivity contribution in [3.8, 4) is 0 Å². The molecular formula is C46H82O19. The molecule has 10 N–H and O–H groups in total. The second-order valence-corrected chi connectivity index (χ2v) is 18.1. The van der Waals surface area contributed by atoms with Crippen molar-refractivity contribution in [1.82, 2.24) is 0 Å². The molecule has 0 bridgehead atoms. The summed E-state index contributed by atoms with van der Waals surface area (Å²) in [4.78, 5) is 12.8. The van der Waals surface area contributed by atoms with E-state index in [-0.39, 0.29) is 18.8 Å². The molecule has 4 heterocycles. The van der Waals surface area contributed by atoms with Crippen molar-refractivity contribution in [1.29, 1.82) is 0 Å². The average molecular weight is 939 g/mol. The van der Waals surface area contributed by atoms with E-state index in [9.17, 15) is 55.9 Å². The number of unbranched alkanes of at least 4 members (excludes halogenated alkanes) is 7. The van der Waals surface area contributed by atoms with Crippen LogP contribution < -0.4 is 0 Å². The van der Waals surface area contributed by atoms with Gasteiger partial charge in [-0.3, -0.25) is 4.79 Å². The largest absolute Gasteiger partial charge is 0.457 e. The van der Waals surface area contributed by atoms with Gasteiger partial charge in [-0.25, -0.2) is 0 Å². The van der Waals surface area contributed by atoms with Crippen LogP contribution >= 0.6 is 0 Å². The molecule has 380 valence electrons. The van der Waals surface area contributed by atoms with Crippen LogP contribution in [0.1, 0.15) is 138 Å². The lowest BCUT2D eigenvalue weighted by Crippen LogP contribution is -2.64. The highest BCUT2D eigenvalue weighted by Crippen LogP contribution is 2.34. The van der Waals surface area contributed by atoms with Crippen LogP contribution in [-0.2, 0) is 42.7 Å². The zero-order valence-electron chi connectivity index (χ0n) is 39.1. The Kier molecular flexibility index (Phi) is 23.9. The number of allylic oxidation sites excluding steroid dienone is 1. The molecule has 0 spiro atoms. The topological polar surface area (TPSA) is 293 Å². The Bertz CT molecular complexity index is 1370. The van der Waals surface area contributed by atoms with Crippen LogP contribution in [-0.4, -0.2) is 186 Å². The summed E-state index contributed by atoms with van der Waals surface area (Å²) in [6.07, 6.45) is -12.2. The van der Waals surface area contributed by atoms with Gasteiger partial charge in [0.2, 0.25) is 0 Å². The molecule has 22 atom stereocenters. The summed E-state index contributed by atoms with van der Waals surface area (Å²) in [7, 11) is 0. The van der Waals surface area contributed by atoms with Crippen molar-refractivity contribution in [2.24, 2.45) is 5.92 Å². The van der Waals surface area contributed by atoms with E-state index in [1.165, 1.54) is 0 Å². The van der Waals surface area contributed by atoms with E-state index in [1.807, 2.05) is 13.8 Å². The van der Waals surface area contributed by atoms with Crippen LogP contribution in [0, 0.1) is 5.92 Å². The smallest absolute Gasteiger partial charge is 0.306 e. The minimum atomic E-state index is -1.69. The van der Waals surface area contributed by atoms with Crippen molar-refractivity contribution in [2.45, 2.75) is 267 Å². The zero-order valence-corrected chi connectivity index (χ0v) is 39.1. The summed E-state index contributed by atoms with van der Waals surface area (Å²) in [5.74, 6) is -0.568. The lowest BCUT2D eigenvalue weighted by Gasteiger charge is -2.47. The Labute approximate surface area is 383 Å². The molecule has 4 rings (SSSR count). The van der Waals surface area contributed by atoms with Gasteiger partial charge < -0.3 is 89.0 Å². The molecule has 0 aromatic rings. The quantitative estimate of drug-likeness (QED) is 0.0351. The van der Waals surface area contributed by atoms with Gasteiger partial charge in [-0.2, -0.15) is 0 Å². The maximum Gasteiger partial charge on any atom is 0.306 e. The highest BCUT2D eigenvalue weighted by molar-refractivity contribution is 5.69. The van der Waals surface area contributed by atoms with Gasteiger partial charge in [0.1, 0.15) is 73.2 Å². The molecule has 0 amide bonds. The van der Waals surface area contributed by atoms with E-state index >= 15 is 0 Å². The molecule has 4 fully saturated rings. The Hall–Kier alpha value is -1.47. The van der Waals surface area contributed by atoms with Crippen molar-refractivity contribution in [2.75, 3.05) is 0 Å². The standard InChI is InChI=1S/C46H82O19/c1-7-12-18-21-25(24(6)58-46-42(36(53)33(50)28(10-4)61-46)65-44-38(55)34(51)31(48)27(9-3)60-44)22-19-16-14-13-15-17-20-23-30(47)63-40-29(11-5)62-45(39(56)37(40)54)64-41-35(52)32(49)26(8-2)59-43(41)57/h19,22,24-29,31-46,48-57H,7-18,20-21,23H2,1-6H3/b22-19-/t24?,25?,26?,27?,28?,29?,31-,32-,33-,34+,35+,36+,37-,38?,39?,40-,41?,42?,43?,44+,45+,46-/m1/s1. The predicted octanol–water partition coefficient (Wildman–Crippen LogP) is 1.34. The van der Waals surface area contributed by atoms with Gasteiger partial charge in [-0.05, 0) is 58.3 Å². The summed E-state index contributed by atoms with van der Waals surface area (Å²) in [6.45, 7) is 11.1. The number of aliphatic hydroxyl groups is 10. The van der Waals surface area contributed by atoms with E-state index in [0.29, 0.717) is 25.7 Å². The van der Waals surface area contributed by atoms with Crippen molar-refractivity contribution < 1.29 is 93.8 Å². The summed E-state index contributed by atoms with van der Waals surface area (Å²) in [6, 6.07) is 0. The molecule has 0 aromatic heterocycles. The van der Waals surface area contributed by atoms with Gasteiger partial charge in [0, 0.05) is 12.3 Å². The highest BCUT2D eigenvalue weighted by atomic mass is 16.8. The summed E-state index contributed by atoms with van der Waals surface area (Å²) in [5, 5.41) is 107. The fourth-order valence-corrected chi connectivity index (χ4v) is 9.04. The number of aliphatic hydroxyl groups excluding tert-OH is 10. The van der Waals surface area contributed by atoms with Gasteiger partial charge in [0.25, 0.3) is 0 Å². The van der Waals surface area contributed by atoms with E-state index in [0.717, 1.165) is 57.8 Å². The van der Waals surface area contributed by atoms with Crippen molar-refractivity contribution >= 4 is 5.97 Å². The van der Waals surface area contributed by atoms with Crippen LogP contribution in [0.25, 0.3) is 0 Å². The van der Waals surface area contributed by atoms with Crippen molar-refractivity contribution in [3.63, 3.8) is 0 Å². The lowest BCUT2D eigenvalue weighted by atomic mass is 9.94. The predicted molar refractivity (Wildman–Crippen MR) is 231 cm³/mol. The third kappa shape index (κ3) is 15.0. The first-order valence-electron chi connectivity index (χ1n) is 24.3. The fraction of sp³-hybridized carbons (Fsp3) is 0.935. The molecule has 65 heavy (non-hydrogen) atoms. The van der Waals surface area contributed by atoms with Crippen LogP contribution in [0.2, 0.25) is 0 Å². The first-order chi connectivity index (χ1) is 31.0. The number of hydrogen-bond acceptors (Lipinski definition) is 19. The fourth-order valence-electron chi connectivity index (χ4n) is 9.04. The molecule has 0 saturated carbocycles. The average Bonchev–Trinajstić information content (AvgIpc) is 3.29. The van der Waals surface area contributed by atoms with Gasteiger partial charge in [-0.15, -0.1) is 0 Å².